The van der Waals surface area contributed by atoms with Crippen LogP contribution in [0.2, 0.25) is 0 Å². The summed E-state index contributed by atoms with van der Waals surface area (Å²) >= 11 is 0. The number of likely N-dealkylation sites (N-methyl/N-ethyl adjacent to an activating group) is 1. The molecule has 0 aromatic heterocycles. The van der Waals surface area contributed by atoms with Gasteiger partial charge in [0.25, 0.3) is 0 Å². The van der Waals surface area contributed by atoms with E-state index < -0.39 is 9.84 Å². The standard InChI is InChI=1S/C15H22N2O2S/c1-16-12-5-4-9-17(11-12)14-8-10-20(18,19)15-7-3-2-6-13(14)15/h2-3,6-7,12,14,16H,4-5,8-11H2,1H3. The van der Waals surface area contributed by atoms with Gasteiger partial charge in [0.2, 0.25) is 0 Å². The zero-order chi connectivity index (χ0) is 14.2. The molecule has 5 heteroatoms. The molecule has 2 heterocycles. The average molecular weight is 294 g/mol. The highest BCUT2D eigenvalue weighted by Crippen LogP contribution is 2.37. The van der Waals surface area contributed by atoms with Crippen LogP contribution in [0.1, 0.15) is 30.9 Å². The van der Waals surface area contributed by atoms with E-state index in [2.05, 4.69) is 10.2 Å². The maximum Gasteiger partial charge on any atom is 0.178 e. The second-order valence-electron chi connectivity index (χ2n) is 5.78. The summed E-state index contributed by atoms with van der Waals surface area (Å²) in [5, 5.41) is 3.35. The number of sulfone groups is 1. The molecule has 0 saturated carbocycles. The molecule has 0 amide bonds. The molecule has 0 radical (unpaired) electrons. The second kappa shape index (κ2) is 5.47. The minimum absolute atomic E-state index is 0.255. The largest absolute Gasteiger partial charge is 0.316 e. The molecule has 0 spiro atoms. The van der Waals surface area contributed by atoms with Crippen molar-refractivity contribution in [3.05, 3.63) is 29.8 Å². The molecule has 1 fully saturated rings. The van der Waals surface area contributed by atoms with E-state index in [1.54, 1.807) is 6.07 Å². The van der Waals surface area contributed by atoms with Crippen LogP contribution < -0.4 is 5.32 Å². The van der Waals surface area contributed by atoms with Crippen LogP contribution in [0.15, 0.2) is 29.2 Å². The summed E-state index contributed by atoms with van der Waals surface area (Å²) in [7, 11) is -1.07. The van der Waals surface area contributed by atoms with E-state index in [0.717, 1.165) is 25.1 Å². The number of nitrogens with one attached hydrogen (secondary N) is 1. The first-order valence-corrected chi connectivity index (χ1v) is 9.00. The lowest BCUT2D eigenvalue weighted by Crippen LogP contribution is -2.47. The van der Waals surface area contributed by atoms with Crippen LogP contribution in [-0.4, -0.2) is 45.2 Å². The van der Waals surface area contributed by atoms with Gasteiger partial charge in [-0.2, -0.15) is 0 Å². The van der Waals surface area contributed by atoms with Gasteiger partial charge in [-0.1, -0.05) is 18.2 Å². The van der Waals surface area contributed by atoms with Crippen molar-refractivity contribution >= 4 is 9.84 Å². The summed E-state index contributed by atoms with van der Waals surface area (Å²) in [6, 6.07) is 8.30. The van der Waals surface area contributed by atoms with E-state index in [4.69, 9.17) is 0 Å². The van der Waals surface area contributed by atoms with Crippen LogP contribution in [-0.2, 0) is 9.84 Å². The summed E-state index contributed by atoms with van der Waals surface area (Å²) in [6.45, 7) is 2.08. The molecule has 1 N–H and O–H groups in total. The van der Waals surface area contributed by atoms with Crippen molar-refractivity contribution in [2.75, 3.05) is 25.9 Å². The van der Waals surface area contributed by atoms with Gasteiger partial charge in [-0.15, -0.1) is 0 Å². The molecule has 3 rings (SSSR count). The van der Waals surface area contributed by atoms with Crippen molar-refractivity contribution in [2.24, 2.45) is 0 Å². The summed E-state index contributed by atoms with van der Waals surface area (Å²) in [4.78, 5) is 3.00. The van der Waals surface area contributed by atoms with Gasteiger partial charge < -0.3 is 5.32 Å². The van der Waals surface area contributed by atoms with Crippen LogP contribution in [0, 0.1) is 0 Å². The van der Waals surface area contributed by atoms with Crippen molar-refractivity contribution in [1.82, 2.24) is 10.2 Å². The van der Waals surface area contributed by atoms with Gasteiger partial charge in [-0.25, -0.2) is 8.42 Å². The Morgan fingerprint density at radius 2 is 2.05 bits per heavy atom. The predicted octanol–water partition coefficient (Wildman–Crippen LogP) is 1.59. The number of likely N-dealkylation sites (tertiary alicyclic amines) is 1. The van der Waals surface area contributed by atoms with E-state index >= 15 is 0 Å². The molecule has 2 aliphatic rings. The lowest BCUT2D eigenvalue weighted by Gasteiger charge is -2.40. The minimum atomic E-state index is -3.08. The highest BCUT2D eigenvalue weighted by atomic mass is 32.2. The fourth-order valence-electron chi connectivity index (χ4n) is 3.48. The zero-order valence-corrected chi connectivity index (χ0v) is 12.7. The molecule has 0 bridgehead atoms. The molecular weight excluding hydrogens is 272 g/mol. The Balaban J connectivity index is 1.92. The summed E-state index contributed by atoms with van der Waals surface area (Å²) in [5.41, 5.74) is 0.996. The molecule has 1 saturated heterocycles. The first-order valence-electron chi connectivity index (χ1n) is 7.35. The summed E-state index contributed by atoms with van der Waals surface area (Å²) in [5.74, 6) is 0.273. The zero-order valence-electron chi connectivity index (χ0n) is 11.9. The van der Waals surface area contributed by atoms with Crippen LogP contribution in [0.5, 0.6) is 0 Å². The Kier molecular flexibility index (Phi) is 3.84. The van der Waals surface area contributed by atoms with Crippen LogP contribution in [0.25, 0.3) is 0 Å². The Hall–Kier alpha value is -0.910. The molecule has 4 nitrogen and oxygen atoms in total. The molecule has 2 unspecified atom stereocenters. The van der Waals surface area contributed by atoms with E-state index in [-0.39, 0.29) is 11.8 Å². The number of rotatable bonds is 2. The van der Waals surface area contributed by atoms with Gasteiger partial charge in [0.05, 0.1) is 10.6 Å². The number of nitrogens with zero attached hydrogens (tertiary/aromatic N) is 1. The maximum absolute atomic E-state index is 12.2. The number of hydrogen-bond donors (Lipinski definition) is 1. The average Bonchev–Trinajstić information content (AvgIpc) is 2.47. The van der Waals surface area contributed by atoms with Gasteiger partial charge in [0, 0.05) is 18.6 Å². The van der Waals surface area contributed by atoms with E-state index in [0.29, 0.717) is 10.9 Å². The number of hydrogen-bond acceptors (Lipinski definition) is 4. The lowest BCUT2D eigenvalue weighted by molar-refractivity contribution is 0.133. The Bertz CT molecular complexity index is 585. The monoisotopic (exact) mass is 294 g/mol. The Morgan fingerprint density at radius 1 is 1.25 bits per heavy atom. The van der Waals surface area contributed by atoms with E-state index in [1.807, 2.05) is 25.2 Å². The molecule has 110 valence electrons. The highest BCUT2D eigenvalue weighted by Gasteiger charge is 2.34. The third-order valence-electron chi connectivity index (χ3n) is 4.57. The minimum Gasteiger partial charge on any atom is -0.316 e. The fraction of sp³-hybridized carbons (Fsp3) is 0.600. The first kappa shape index (κ1) is 14.0. The number of piperidine rings is 1. The predicted molar refractivity (Wildman–Crippen MR) is 79.5 cm³/mol. The van der Waals surface area contributed by atoms with E-state index in [9.17, 15) is 8.42 Å². The van der Waals surface area contributed by atoms with Crippen molar-refractivity contribution < 1.29 is 8.42 Å². The summed E-state index contributed by atoms with van der Waals surface area (Å²) < 4.78 is 24.4. The Morgan fingerprint density at radius 3 is 2.85 bits per heavy atom. The number of benzene rings is 1. The van der Waals surface area contributed by atoms with Crippen LogP contribution in [0.3, 0.4) is 0 Å². The van der Waals surface area contributed by atoms with Gasteiger partial charge in [-0.3, -0.25) is 4.90 Å². The molecule has 1 aromatic carbocycles. The first-order chi connectivity index (χ1) is 9.62. The fourth-order valence-corrected chi connectivity index (χ4v) is 5.08. The molecule has 1 aromatic rings. The van der Waals surface area contributed by atoms with Crippen LogP contribution in [0.4, 0.5) is 0 Å². The molecule has 2 atom stereocenters. The maximum atomic E-state index is 12.2. The van der Waals surface area contributed by atoms with Crippen LogP contribution >= 0.6 is 0 Å². The van der Waals surface area contributed by atoms with Gasteiger partial charge in [-0.05, 0) is 44.5 Å². The SMILES string of the molecule is CNC1CCCN(C2CCS(=O)(=O)c3ccccc32)C1. The van der Waals surface area contributed by atoms with Gasteiger partial charge >= 0.3 is 0 Å². The third-order valence-corrected chi connectivity index (χ3v) is 6.39. The topological polar surface area (TPSA) is 49.4 Å². The molecule has 20 heavy (non-hydrogen) atoms. The molecular formula is C15H22N2O2S. The number of fused-ring (bicyclic) bond motifs is 1. The molecule has 2 aliphatic heterocycles. The molecule has 0 aliphatic carbocycles. The van der Waals surface area contributed by atoms with Crippen molar-refractivity contribution in [2.45, 2.75) is 36.2 Å². The summed E-state index contributed by atoms with van der Waals surface area (Å²) in [6.07, 6.45) is 3.10. The van der Waals surface area contributed by atoms with Gasteiger partial charge in [0.15, 0.2) is 9.84 Å². The lowest BCUT2D eigenvalue weighted by atomic mass is 9.97. The Labute approximate surface area is 121 Å². The van der Waals surface area contributed by atoms with Crippen molar-refractivity contribution in [1.29, 1.82) is 0 Å². The van der Waals surface area contributed by atoms with Crippen molar-refractivity contribution in [3.8, 4) is 0 Å². The second-order valence-corrected chi connectivity index (χ2v) is 7.86. The van der Waals surface area contributed by atoms with E-state index in [1.165, 1.54) is 12.8 Å². The highest BCUT2D eigenvalue weighted by molar-refractivity contribution is 7.91. The smallest absolute Gasteiger partial charge is 0.178 e. The third kappa shape index (κ3) is 2.50. The normalized spacial score (nSPS) is 29.9. The quantitative estimate of drug-likeness (QED) is 0.900. The van der Waals surface area contributed by atoms with Crippen molar-refractivity contribution in [3.63, 3.8) is 0 Å². The van der Waals surface area contributed by atoms with Gasteiger partial charge in [0.1, 0.15) is 0 Å².